The number of benzene rings is 2. The standard InChI is InChI=1S/C22H23FN2O3/c1-28-17-4-5-21-18(11-17)19(12-24-21)14-6-8-25(9-7-14)13-16-3-2-15(22(26)27)10-20(16)23/h2-5,10-12,14,24H,6-9,13H2,1H3,(H,26,27). The topological polar surface area (TPSA) is 65.6 Å². The van der Waals surface area contributed by atoms with E-state index in [4.69, 9.17) is 9.84 Å². The monoisotopic (exact) mass is 382 g/mol. The first-order valence-electron chi connectivity index (χ1n) is 9.44. The van der Waals surface area contributed by atoms with Crippen molar-refractivity contribution in [3.05, 3.63) is 65.1 Å². The second kappa shape index (κ2) is 7.64. The minimum absolute atomic E-state index is 0.0188. The van der Waals surface area contributed by atoms with Crippen LogP contribution in [0.4, 0.5) is 4.39 Å². The predicted molar refractivity (Wildman–Crippen MR) is 105 cm³/mol. The van der Waals surface area contributed by atoms with Gasteiger partial charge >= 0.3 is 5.97 Å². The number of fused-ring (bicyclic) bond motifs is 1. The smallest absolute Gasteiger partial charge is 0.335 e. The number of ether oxygens (including phenoxy) is 1. The van der Waals surface area contributed by atoms with Gasteiger partial charge in [0.2, 0.25) is 0 Å². The van der Waals surface area contributed by atoms with Crippen molar-refractivity contribution in [1.82, 2.24) is 9.88 Å². The van der Waals surface area contributed by atoms with Crippen LogP contribution < -0.4 is 4.74 Å². The molecule has 0 bridgehead atoms. The van der Waals surface area contributed by atoms with E-state index in [-0.39, 0.29) is 5.56 Å². The van der Waals surface area contributed by atoms with Crippen molar-refractivity contribution in [3.63, 3.8) is 0 Å². The molecule has 3 aromatic rings. The van der Waals surface area contributed by atoms with Crippen LogP contribution in [0.1, 0.15) is 40.2 Å². The Morgan fingerprint density at radius 3 is 2.71 bits per heavy atom. The third kappa shape index (κ3) is 3.60. The molecule has 4 rings (SSSR count). The third-order valence-electron chi connectivity index (χ3n) is 5.64. The maximum atomic E-state index is 14.2. The van der Waals surface area contributed by atoms with Gasteiger partial charge in [0, 0.05) is 29.2 Å². The van der Waals surface area contributed by atoms with E-state index in [2.05, 4.69) is 22.1 Å². The Morgan fingerprint density at radius 2 is 2.04 bits per heavy atom. The minimum Gasteiger partial charge on any atom is -0.497 e. The summed E-state index contributed by atoms with van der Waals surface area (Å²) in [4.78, 5) is 16.5. The van der Waals surface area contributed by atoms with Gasteiger partial charge in [-0.05, 0) is 67.7 Å². The van der Waals surface area contributed by atoms with Crippen molar-refractivity contribution in [3.8, 4) is 5.75 Å². The largest absolute Gasteiger partial charge is 0.497 e. The number of aromatic nitrogens is 1. The van der Waals surface area contributed by atoms with E-state index in [9.17, 15) is 9.18 Å². The van der Waals surface area contributed by atoms with Crippen LogP contribution in [0.5, 0.6) is 5.75 Å². The fourth-order valence-corrected chi connectivity index (χ4v) is 4.04. The number of hydrogen-bond donors (Lipinski definition) is 2. The number of H-pyrrole nitrogens is 1. The zero-order chi connectivity index (χ0) is 19.7. The van der Waals surface area contributed by atoms with Gasteiger partial charge in [-0.25, -0.2) is 9.18 Å². The number of methoxy groups -OCH3 is 1. The summed E-state index contributed by atoms with van der Waals surface area (Å²) in [7, 11) is 1.67. The highest BCUT2D eigenvalue weighted by Crippen LogP contribution is 2.35. The number of nitrogens with one attached hydrogen (secondary N) is 1. The Morgan fingerprint density at radius 1 is 1.25 bits per heavy atom. The fraction of sp³-hybridized carbons (Fsp3) is 0.318. The average Bonchev–Trinajstić information content (AvgIpc) is 3.13. The summed E-state index contributed by atoms with van der Waals surface area (Å²) in [5, 5.41) is 10.2. The number of aromatic amines is 1. The molecule has 146 valence electrons. The first kappa shape index (κ1) is 18.5. The summed E-state index contributed by atoms with van der Waals surface area (Å²) >= 11 is 0. The van der Waals surface area contributed by atoms with Crippen molar-refractivity contribution in [1.29, 1.82) is 0 Å². The molecule has 1 aromatic heterocycles. The molecule has 0 amide bonds. The number of rotatable bonds is 5. The molecule has 0 spiro atoms. The maximum absolute atomic E-state index is 14.2. The Kier molecular flexibility index (Phi) is 5.05. The van der Waals surface area contributed by atoms with E-state index in [0.717, 1.165) is 43.3 Å². The summed E-state index contributed by atoms with van der Waals surface area (Å²) < 4.78 is 19.6. The molecule has 5 nitrogen and oxygen atoms in total. The summed E-state index contributed by atoms with van der Waals surface area (Å²) in [5.41, 5.74) is 2.94. The Labute approximate surface area is 162 Å². The van der Waals surface area contributed by atoms with Crippen molar-refractivity contribution in [2.45, 2.75) is 25.3 Å². The number of carbonyl (C=O) groups is 1. The van der Waals surface area contributed by atoms with E-state index in [1.165, 1.54) is 17.0 Å². The lowest BCUT2D eigenvalue weighted by atomic mass is 9.89. The molecule has 1 aliphatic heterocycles. The quantitative estimate of drug-likeness (QED) is 0.687. The number of carboxylic acid groups (broad SMARTS) is 1. The van der Waals surface area contributed by atoms with Crippen molar-refractivity contribution < 1.29 is 19.0 Å². The molecule has 0 saturated carbocycles. The first-order valence-corrected chi connectivity index (χ1v) is 9.44. The second-order valence-electron chi connectivity index (χ2n) is 7.32. The van der Waals surface area contributed by atoms with Crippen LogP contribution in [-0.4, -0.2) is 41.2 Å². The number of hydrogen-bond acceptors (Lipinski definition) is 3. The highest BCUT2D eigenvalue weighted by Gasteiger charge is 2.23. The number of piperidine rings is 1. The lowest BCUT2D eigenvalue weighted by Crippen LogP contribution is -2.32. The third-order valence-corrected chi connectivity index (χ3v) is 5.64. The Bertz CT molecular complexity index is 1010. The van der Waals surface area contributed by atoms with Gasteiger partial charge in [0.1, 0.15) is 11.6 Å². The van der Waals surface area contributed by atoms with Crippen LogP contribution in [0, 0.1) is 5.82 Å². The first-order chi connectivity index (χ1) is 13.5. The average molecular weight is 382 g/mol. The van der Waals surface area contributed by atoms with Crippen LogP contribution in [-0.2, 0) is 6.54 Å². The molecule has 6 heteroatoms. The van der Waals surface area contributed by atoms with Gasteiger partial charge in [-0.1, -0.05) is 6.07 Å². The predicted octanol–water partition coefficient (Wildman–Crippen LogP) is 4.39. The number of likely N-dealkylation sites (tertiary alicyclic amines) is 1. The number of aromatic carboxylic acids is 1. The summed E-state index contributed by atoms with van der Waals surface area (Å²) in [6, 6.07) is 10.2. The molecule has 1 fully saturated rings. The molecule has 2 heterocycles. The molecule has 28 heavy (non-hydrogen) atoms. The molecule has 0 atom stereocenters. The zero-order valence-corrected chi connectivity index (χ0v) is 15.7. The van der Waals surface area contributed by atoms with E-state index in [1.54, 1.807) is 13.2 Å². The second-order valence-corrected chi connectivity index (χ2v) is 7.32. The SMILES string of the molecule is COc1ccc2[nH]cc(C3CCN(Cc4ccc(C(=O)O)cc4F)CC3)c2c1. The molecule has 0 aliphatic carbocycles. The van der Waals surface area contributed by atoms with Crippen molar-refractivity contribution in [2.24, 2.45) is 0 Å². The lowest BCUT2D eigenvalue weighted by Gasteiger charge is -2.32. The molecular weight excluding hydrogens is 359 g/mol. The molecule has 0 unspecified atom stereocenters. The van der Waals surface area contributed by atoms with E-state index >= 15 is 0 Å². The number of carboxylic acids is 1. The van der Waals surface area contributed by atoms with Gasteiger partial charge in [0.25, 0.3) is 0 Å². The van der Waals surface area contributed by atoms with Gasteiger partial charge in [0.05, 0.1) is 12.7 Å². The van der Waals surface area contributed by atoms with E-state index in [1.807, 2.05) is 12.1 Å². The van der Waals surface area contributed by atoms with Gasteiger partial charge < -0.3 is 14.8 Å². The highest BCUT2D eigenvalue weighted by molar-refractivity contribution is 5.87. The normalized spacial score (nSPS) is 15.8. The van der Waals surface area contributed by atoms with Gasteiger partial charge in [-0.3, -0.25) is 4.90 Å². The number of nitrogens with zero attached hydrogens (tertiary/aromatic N) is 1. The van der Waals surface area contributed by atoms with E-state index < -0.39 is 11.8 Å². The summed E-state index contributed by atoms with van der Waals surface area (Å²) in [6.07, 6.45) is 4.09. The van der Waals surface area contributed by atoms with Crippen molar-refractivity contribution in [2.75, 3.05) is 20.2 Å². The molecular formula is C22H23FN2O3. The van der Waals surface area contributed by atoms with Crippen LogP contribution in [0.3, 0.4) is 0 Å². The molecule has 2 aromatic carbocycles. The van der Waals surface area contributed by atoms with Crippen LogP contribution in [0.15, 0.2) is 42.6 Å². The molecule has 1 saturated heterocycles. The van der Waals surface area contributed by atoms with Gasteiger partial charge in [-0.15, -0.1) is 0 Å². The zero-order valence-electron chi connectivity index (χ0n) is 15.7. The Hall–Kier alpha value is -2.86. The fourth-order valence-electron chi connectivity index (χ4n) is 4.04. The molecule has 0 radical (unpaired) electrons. The molecule has 1 aliphatic rings. The van der Waals surface area contributed by atoms with Crippen LogP contribution in [0.25, 0.3) is 10.9 Å². The molecule has 2 N–H and O–H groups in total. The van der Waals surface area contributed by atoms with Gasteiger partial charge in [0.15, 0.2) is 0 Å². The lowest BCUT2D eigenvalue weighted by molar-refractivity contribution is 0.0696. The summed E-state index contributed by atoms with van der Waals surface area (Å²) in [5.74, 6) is -0.255. The summed E-state index contributed by atoms with van der Waals surface area (Å²) in [6.45, 7) is 2.25. The van der Waals surface area contributed by atoms with Crippen molar-refractivity contribution >= 4 is 16.9 Å². The number of halogens is 1. The maximum Gasteiger partial charge on any atom is 0.335 e. The van der Waals surface area contributed by atoms with E-state index in [0.29, 0.717) is 18.0 Å². The van der Waals surface area contributed by atoms with Crippen LogP contribution in [0.2, 0.25) is 0 Å². The minimum atomic E-state index is -1.11. The van der Waals surface area contributed by atoms with Crippen LogP contribution >= 0.6 is 0 Å². The van der Waals surface area contributed by atoms with Gasteiger partial charge in [-0.2, -0.15) is 0 Å². The Balaban J connectivity index is 1.43. The highest BCUT2D eigenvalue weighted by atomic mass is 19.1.